The van der Waals surface area contributed by atoms with E-state index in [4.69, 9.17) is 0 Å². The zero-order valence-electron chi connectivity index (χ0n) is 13.4. The molecule has 0 spiro atoms. The minimum absolute atomic E-state index is 0.118. The Morgan fingerprint density at radius 1 is 1.13 bits per heavy atom. The smallest absolute Gasteiger partial charge is 0.270 e. The molecule has 0 unspecified atom stereocenters. The summed E-state index contributed by atoms with van der Waals surface area (Å²) >= 11 is 0. The second-order valence-corrected chi connectivity index (χ2v) is 6.04. The maximum absolute atomic E-state index is 12.4. The molecule has 1 heterocycles. The van der Waals surface area contributed by atoms with Crippen molar-refractivity contribution in [1.82, 2.24) is 15.3 Å². The highest BCUT2D eigenvalue weighted by molar-refractivity contribution is 5.93. The maximum atomic E-state index is 12.4. The molecule has 1 aromatic carbocycles. The lowest BCUT2D eigenvalue weighted by Crippen LogP contribution is -2.36. The van der Waals surface area contributed by atoms with Crippen LogP contribution in [0.3, 0.4) is 0 Å². The van der Waals surface area contributed by atoms with Crippen LogP contribution >= 0.6 is 0 Å². The maximum Gasteiger partial charge on any atom is 0.270 e. The van der Waals surface area contributed by atoms with Crippen molar-refractivity contribution in [2.24, 2.45) is 0 Å². The molecule has 1 aromatic heterocycles. The van der Waals surface area contributed by atoms with E-state index < -0.39 is 0 Å². The largest absolute Gasteiger partial charge is 0.348 e. The molecule has 1 amide bonds. The van der Waals surface area contributed by atoms with E-state index in [1.54, 1.807) is 6.07 Å². The van der Waals surface area contributed by atoms with Crippen molar-refractivity contribution in [2.45, 2.75) is 45.1 Å². The third-order valence-electron chi connectivity index (χ3n) is 4.25. The molecule has 0 atom stereocenters. The first-order valence-electron chi connectivity index (χ1n) is 8.18. The SMILES string of the molecule is Cc1ccccc1Nc1cc(C(=O)NC2CCCCC2)ncn1. The standard InChI is InChI=1S/C18H22N4O/c1-13-7-5-6-10-15(13)22-17-11-16(19-12-20-17)18(23)21-14-8-3-2-4-9-14/h5-7,10-12,14H,2-4,8-9H2,1H3,(H,21,23)(H,19,20,22). The number of nitrogens with one attached hydrogen (secondary N) is 2. The zero-order chi connectivity index (χ0) is 16.1. The van der Waals surface area contributed by atoms with Crippen LogP contribution in [-0.2, 0) is 0 Å². The van der Waals surface area contributed by atoms with Crippen molar-refractivity contribution >= 4 is 17.4 Å². The number of aromatic nitrogens is 2. The summed E-state index contributed by atoms with van der Waals surface area (Å²) in [6, 6.07) is 9.94. The Bertz CT molecular complexity index is 680. The summed E-state index contributed by atoms with van der Waals surface area (Å²) in [6.07, 6.45) is 7.20. The fourth-order valence-electron chi connectivity index (χ4n) is 2.91. The number of carbonyl (C=O) groups excluding carboxylic acids is 1. The molecule has 0 aliphatic heterocycles. The normalized spacial score (nSPS) is 15.2. The molecular weight excluding hydrogens is 288 g/mol. The molecule has 3 rings (SSSR count). The van der Waals surface area contributed by atoms with Crippen molar-refractivity contribution in [3.05, 3.63) is 47.9 Å². The predicted octanol–water partition coefficient (Wildman–Crippen LogP) is 3.59. The van der Waals surface area contributed by atoms with Crippen LogP contribution in [0.25, 0.3) is 0 Å². The second kappa shape index (κ2) is 7.22. The fourth-order valence-corrected chi connectivity index (χ4v) is 2.91. The molecule has 2 aromatic rings. The quantitative estimate of drug-likeness (QED) is 0.905. The van der Waals surface area contributed by atoms with Crippen LogP contribution in [0, 0.1) is 6.92 Å². The molecular formula is C18H22N4O. The molecule has 2 N–H and O–H groups in total. The summed E-state index contributed by atoms with van der Waals surface area (Å²) in [4.78, 5) is 20.7. The highest BCUT2D eigenvalue weighted by atomic mass is 16.1. The number of anilines is 2. The fraction of sp³-hybridized carbons (Fsp3) is 0.389. The number of para-hydroxylation sites is 1. The van der Waals surface area contributed by atoms with Gasteiger partial charge in [0.05, 0.1) is 0 Å². The number of hydrogen-bond donors (Lipinski definition) is 2. The van der Waals surface area contributed by atoms with Gasteiger partial charge in [-0.05, 0) is 31.4 Å². The van der Waals surface area contributed by atoms with Crippen molar-refractivity contribution in [1.29, 1.82) is 0 Å². The van der Waals surface area contributed by atoms with Crippen LogP contribution in [-0.4, -0.2) is 21.9 Å². The number of amides is 1. The summed E-state index contributed by atoms with van der Waals surface area (Å²) in [5.41, 5.74) is 2.51. The average molecular weight is 310 g/mol. The van der Waals surface area contributed by atoms with E-state index >= 15 is 0 Å². The lowest BCUT2D eigenvalue weighted by molar-refractivity contribution is 0.0922. The molecule has 0 saturated heterocycles. The van der Waals surface area contributed by atoms with Crippen molar-refractivity contribution in [2.75, 3.05) is 5.32 Å². The summed E-state index contributed by atoms with van der Waals surface area (Å²) < 4.78 is 0. The molecule has 1 saturated carbocycles. The third kappa shape index (κ3) is 4.06. The van der Waals surface area contributed by atoms with Crippen molar-refractivity contribution in [3.63, 3.8) is 0 Å². The van der Waals surface area contributed by atoms with Gasteiger partial charge in [-0.25, -0.2) is 9.97 Å². The van der Waals surface area contributed by atoms with E-state index in [2.05, 4.69) is 20.6 Å². The molecule has 1 fully saturated rings. The Morgan fingerprint density at radius 3 is 2.70 bits per heavy atom. The molecule has 120 valence electrons. The number of nitrogens with zero attached hydrogens (tertiary/aromatic N) is 2. The van der Waals surface area contributed by atoms with E-state index in [0.29, 0.717) is 11.5 Å². The van der Waals surface area contributed by atoms with Gasteiger partial charge in [0.1, 0.15) is 17.8 Å². The Morgan fingerprint density at radius 2 is 1.91 bits per heavy atom. The third-order valence-corrected chi connectivity index (χ3v) is 4.25. The van der Waals surface area contributed by atoms with Gasteiger partial charge in [0, 0.05) is 17.8 Å². The highest BCUT2D eigenvalue weighted by Crippen LogP contribution is 2.20. The summed E-state index contributed by atoms with van der Waals surface area (Å²) in [7, 11) is 0. The summed E-state index contributed by atoms with van der Waals surface area (Å²) in [5.74, 6) is 0.509. The zero-order valence-corrected chi connectivity index (χ0v) is 13.4. The number of rotatable bonds is 4. The summed E-state index contributed by atoms with van der Waals surface area (Å²) in [6.45, 7) is 2.03. The van der Waals surface area contributed by atoms with E-state index in [0.717, 1.165) is 24.1 Å². The minimum Gasteiger partial charge on any atom is -0.348 e. The van der Waals surface area contributed by atoms with Crippen LogP contribution in [0.4, 0.5) is 11.5 Å². The van der Waals surface area contributed by atoms with Crippen LogP contribution in [0.5, 0.6) is 0 Å². The lowest BCUT2D eigenvalue weighted by Gasteiger charge is -2.22. The Kier molecular flexibility index (Phi) is 4.86. The van der Waals surface area contributed by atoms with Gasteiger partial charge in [-0.15, -0.1) is 0 Å². The monoisotopic (exact) mass is 310 g/mol. The Labute approximate surface area is 136 Å². The number of aryl methyl sites for hydroxylation is 1. The second-order valence-electron chi connectivity index (χ2n) is 6.04. The van der Waals surface area contributed by atoms with E-state index in [-0.39, 0.29) is 11.9 Å². The molecule has 0 bridgehead atoms. The van der Waals surface area contributed by atoms with Gasteiger partial charge in [-0.2, -0.15) is 0 Å². The van der Waals surface area contributed by atoms with Gasteiger partial charge in [-0.3, -0.25) is 4.79 Å². The van der Waals surface area contributed by atoms with Crippen LogP contribution in [0.2, 0.25) is 0 Å². The molecule has 5 nitrogen and oxygen atoms in total. The van der Waals surface area contributed by atoms with E-state index in [1.165, 1.54) is 25.6 Å². The first-order chi connectivity index (χ1) is 11.2. The molecule has 1 aliphatic rings. The predicted molar refractivity (Wildman–Crippen MR) is 90.8 cm³/mol. The molecule has 23 heavy (non-hydrogen) atoms. The number of benzene rings is 1. The van der Waals surface area contributed by atoms with Crippen molar-refractivity contribution in [3.8, 4) is 0 Å². The van der Waals surface area contributed by atoms with E-state index in [1.807, 2.05) is 31.2 Å². The number of hydrogen-bond acceptors (Lipinski definition) is 4. The highest BCUT2D eigenvalue weighted by Gasteiger charge is 2.17. The van der Waals surface area contributed by atoms with Gasteiger partial charge in [0.2, 0.25) is 0 Å². The van der Waals surface area contributed by atoms with Gasteiger partial charge >= 0.3 is 0 Å². The van der Waals surface area contributed by atoms with Gasteiger partial charge in [0.15, 0.2) is 0 Å². The first kappa shape index (κ1) is 15.5. The van der Waals surface area contributed by atoms with Crippen molar-refractivity contribution < 1.29 is 4.79 Å². The van der Waals surface area contributed by atoms with E-state index in [9.17, 15) is 4.79 Å². The van der Waals surface area contributed by atoms with Crippen LogP contribution < -0.4 is 10.6 Å². The number of carbonyl (C=O) groups is 1. The van der Waals surface area contributed by atoms with Crippen LogP contribution in [0.1, 0.15) is 48.2 Å². The first-order valence-corrected chi connectivity index (χ1v) is 8.18. The minimum atomic E-state index is -0.118. The average Bonchev–Trinajstić information content (AvgIpc) is 2.58. The molecule has 5 heteroatoms. The molecule has 1 aliphatic carbocycles. The lowest BCUT2D eigenvalue weighted by atomic mass is 9.95. The van der Waals surface area contributed by atoms with Gasteiger partial charge < -0.3 is 10.6 Å². The molecule has 0 radical (unpaired) electrons. The Hall–Kier alpha value is -2.43. The topological polar surface area (TPSA) is 66.9 Å². The summed E-state index contributed by atoms with van der Waals surface area (Å²) in [5, 5.41) is 6.32. The van der Waals surface area contributed by atoms with Gasteiger partial charge in [-0.1, -0.05) is 37.5 Å². The van der Waals surface area contributed by atoms with Gasteiger partial charge in [0.25, 0.3) is 5.91 Å². The Balaban J connectivity index is 1.69. The van der Waals surface area contributed by atoms with Crippen LogP contribution in [0.15, 0.2) is 36.7 Å².